The van der Waals surface area contributed by atoms with Crippen LogP contribution in [0.5, 0.6) is 0 Å². The van der Waals surface area contributed by atoms with Crippen LogP contribution in [0.2, 0.25) is 0 Å². The van der Waals surface area contributed by atoms with Gasteiger partial charge in [0.25, 0.3) is 0 Å². The van der Waals surface area contributed by atoms with Gasteiger partial charge in [0.05, 0.1) is 18.3 Å². The lowest BCUT2D eigenvalue weighted by atomic mass is 9.43. The van der Waals surface area contributed by atoms with Crippen LogP contribution >= 0.6 is 15.9 Å². The molecule has 0 aromatic heterocycles. The fourth-order valence-corrected chi connectivity index (χ4v) is 10.8. The molecule has 0 aromatic carbocycles. The van der Waals surface area contributed by atoms with Crippen LogP contribution in [0, 0.1) is 46.3 Å². The van der Waals surface area contributed by atoms with Crippen molar-refractivity contribution in [3.63, 3.8) is 0 Å². The summed E-state index contributed by atoms with van der Waals surface area (Å²) >= 11 is 3.67. The average molecular weight is 707 g/mol. The SMILES string of the molecule is C[C@H](CCCBr)[C@H]1CC[C@H]2[C@@H]3[C@H](OCCCN=[N+]=[N-])C[C@@H]4C[C@H](OCCCN=[N+]=[N-])CC[C@]4(C)[C@H]3C[C@H](OCCCN=[N+]=[N-])[C@]12C. The van der Waals surface area contributed by atoms with E-state index in [1.165, 1.54) is 25.7 Å². The van der Waals surface area contributed by atoms with Crippen molar-refractivity contribution < 1.29 is 14.2 Å². The molecule has 0 aromatic rings. The van der Waals surface area contributed by atoms with E-state index in [9.17, 15) is 0 Å². The van der Waals surface area contributed by atoms with Gasteiger partial charge in [-0.25, -0.2) is 0 Å². The standard InChI is InChI=1S/C33H56BrN9O3/c1-23(8-4-13-34)26-9-10-27-31-28(22-30(33(26,27)3)46-19-7-16-40-43-37)32(2)12-11-25(44-17-5-14-38-41-35)20-24(32)21-29(31)45-18-6-15-39-42-36/h23-31H,4-22H2,1-3H3/t23-,24+,25-,26-,27+,28+,29-,30+,31+,32+,33-/m1/s1. The molecule has 0 saturated heterocycles. The summed E-state index contributed by atoms with van der Waals surface area (Å²) < 4.78 is 20.1. The number of fused-ring (bicyclic) bond motifs is 5. The maximum atomic E-state index is 8.80. The Kier molecular flexibility index (Phi) is 14.7. The third-order valence-corrected chi connectivity index (χ3v) is 13.2. The number of hydrogen-bond donors (Lipinski definition) is 0. The summed E-state index contributed by atoms with van der Waals surface area (Å²) in [5.74, 6) is 3.22. The Morgan fingerprint density at radius 3 is 2.04 bits per heavy atom. The first-order valence-corrected chi connectivity index (χ1v) is 18.9. The van der Waals surface area contributed by atoms with Crippen molar-refractivity contribution >= 4 is 15.9 Å². The van der Waals surface area contributed by atoms with Gasteiger partial charge in [0.15, 0.2) is 0 Å². The highest BCUT2D eigenvalue weighted by Gasteiger charge is 2.66. The summed E-state index contributed by atoms with van der Waals surface area (Å²) in [6.07, 6.45) is 13.0. The Hall–Kier alpha value is -1.71. The molecule has 4 aliphatic carbocycles. The quantitative estimate of drug-likeness (QED) is 0.0428. The van der Waals surface area contributed by atoms with Gasteiger partial charge < -0.3 is 14.2 Å². The Morgan fingerprint density at radius 1 is 0.783 bits per heavy atom. The van der Waals surface area contributed by atoms with Crippen LogP contribution in [0.3, 0.4) is 0 Å². The molecule has 0 aliphatic heterocycles. The minimum atomic E-state index is 0.0630. The molecular formula is C33H56BrN9O3. The number of azide groups is 3. The van der Waals surface area contributed by atoms with Crippen LogP contribution < -0.4 is 0 Å². The zero-order valence-corrected chi connectivity index (χ0v) is 29.8. The molecule has 0 heterocycles. The molecule has 0 unspecified atom stereocenters. The molecule has 0 spiro atoms. The van der Waals surface area contributed by atoms with Crippen LogP contribution in [0.1, 0.15) is 97.8 Å². The lowest BCUT2D eigenvalue weighted by Crippen LogP contribution is -2.63. The molecule has 4 rings (SSSR count). The fraction of sp³-hybridized carbons (Fsp3) is 1.00. The van der Waals surface area contributed by atoms with Gasteiger partial charge in [-0.1, -0.05) is 52.0 Å². The average Bonchev–Trinajstić information content (AvgIpc) is 3.41. The van der Waals surface area contributed by atoms with Gasteiger partial charge in [-0.3, -0.25) is 0 Å². The monoisotopic (exact) mass is 705 g/mol. The first-order valence-electron chi connectivity index (χ1n) is 17.8. The van der Waals surface area contributed by atoms with Gasteiger partial charge in [0, 0.05) is 64.9 Å². The smallest absolute Gasteiger partial charge is 0.0637 e. The number of rotatable bonds is 19. The highest BCUT2D eigenvalue weighted by atomic mass is 79.9. The van der Waals surface area contributed by atoms with E-state index in [1.54, 1.807) is 0 Å². The molecule has 0 N–H and O–H groups in total. The van der Waals surface area contributed by atoms with Crippen molar-refractivity contribution in [2.75, 3.05) is 44.8 Å². The summed E-state index contributed by atoms with van der Waals surface area (Å²) in [4.78, 5) is 8.75. The molecule has 0 radical (unpaired) electrons. The second-order valence-corrected chi connectivity index (χ2v) is 15.6. The Morgan fingerprint density at radius 2 is 1.41 bits per heavy atom. The first kappa shape index (κ1) is 37.1. The van der Waals surface area contributed by atoms with Crippen molar-refractivity contribution in [3.8, 4) is 0 Å². The number of hydrogen-bond acceptors (Lipinski definition) is 6. The molecule has 13 heteroatoms. The maximum absolute atomic E-state index is 8.80. The highest BCUT2D eigenvalue weighted by Crippen LogP contribution is 2.69. The summed E-state index contributed by atoms with van der Waals surface area (Å²) in [7, 11) is 0. The molecule has 0 amide bonds. The van der Waals surface area contributed by atoms with E-state index in [-0.39, 0.29) is 29.1 Å². The summed E-state index contributed by atoms with van der Waals surface area (Å²) in [5, 5.41) is 12.2. The van der Waals surface area contributed by atoms with Gasteiger partial charge in [-0.2, -0.15) is 0 Å². The molecule has 4 fully saturated rings. The Balaban J connectivity index is 1.61. The first-order chi connectivity index (χ1) is 22.3. The van der Waals surface area contributed by atoms with Gasteiger partial charge in [-0.15, -0.1) is 0 Å². The lowest BCUT2D eigenvalue weighted by molar-refractivity contribution is -0.227. The molecule has 258 valence electrons. The van der Waals surface area contributed by atoms with E-state index in [4.69, 9.17) is 30.8 Å². The topological polar surface area (TPSA) is 174 Å². The molecule has 4 aliphatic rings. The van der Waals surface area contributed by atoms with Crippen LogP contribution in [0.25, 0.3) is 31.3 Å². The van der Waals surface area contributed by atoms with Crippen molar-refractivity contribution in [1.29, 1.82) is 0 Å². The summed E-state index contributed by atoms with van der Waals surface area (Å²) in [6.45, 7) is 10.8. The second-order valence-electron chi connectivity index (χ2n) is 14.8. The van der Waals surface area contributed by atoms with Crippen molar-refractivity contribution in [2.45, 2.75) is 116 Å². The number of halogens is 1. The molecular weight excluding hydrogens is 650 g/mol. The molecule has 12 nitrogen and oxygen atoms in total. The third-order valence-electron chi connectivity index (χ3n) is 12.6. The largest absolute Gasteiger partial charge is 0.378 e. The van der Waals surface area contributed by atoms with E-state index in [0.717, 1.165) is 56.7 Å². The predicted molar refractivity (Wildman–Crippen MR) is 183 cm³/mol. The summed E-state index contributed by atoms with van der Waals surface area (Å²) in [6, 6.07) is 0. The number of alkyl halides is 1. The lowest BCUT2D eigenvalue weighted by Gasteiger charge is -2.65. The van der Waals surface area contributed by atoms with Crippen molar-refractivity contribution in [1.82, 2.24) is 0 Å². The molecule has 0 bridgehead atoms. The maximum Gasteiger partial charge on any atom is 0.0637 e. The van der Waals surface area contributed by atoms with Crippen molar-refractivity contribution in [3.05, 3.63) is 31.3 Å². The predicted octanol–water partition coefficient (Wildman–Crippen LogP) is 9.93. The zero-order valence-electron chi connectivity index (χ0n) is 28.3. The zero-order chi connectivity index (χ0) is 33.0. The van der Waals surface area contributed by atoms with Gasteiger partial charge in [-0.05, 0) is 135 Å². The third kappa shape index (κ3) is 8.46. The second kappa shape index (κ2) is 18.2. The van der Waals surface area contributed by atoms with Gasteiger partial charge >= 0.3 is 0 Å². The summed E-state index contributed by atoms with van der Waals surface area (Å²) in [5.41, 5.74) is 26.4. The van der Waals surface area contributed by atoms with E-state index >= 15 is 0 Å². The van der Waals surface area contributed by atoms with Crippen LogP contribution in [-0.4, -0.2) is 63.1 Å². The van der Waals surface area contributed by atoms with E-state index < -0.39 is 0 Å². The van der Waals surface area contributed by atoms with Gasteiger partial charge in [0.2, 0.25) is 0 Å². The van der Waals surface area contributed by atoms with E-state index in [2.05, 4.69) is 66.8 Å². The van der Waals surface area contributed by atoms with Crippen LogP contribution in [0.4, 0.5) is 0 Å². The molecule has 46 heavy (non-hydrogen) atoms. The number of ether oxygens (including phenoxy) is 3. The molecule has 4 saturated carbocycles. The number of nitrogens with zero attached hydrogens (tertiary/aromatic N) is 9. The van der Waals surface area contributed by atoms with Crippen molar-refractivity contribution in [2.24, 2.45) is 61.7 Å². The normalized spacial score (nSPS) is 37.0. The Labute approximate surface area is 283 Å². The minimum Gasteiger partial charge on any atom is -0.378 e. The Bertz CT molecular complexity index is 1110. The van der Waals surface area contributed by atoms with Gasteiger partial charge in [0.1, 0.15) is 0 Å². The van der Waals surface area contributed by atoms with E-state index in [1.807, 2.05) is 0 Å². The van der Waals surface area contributed by atoms with E-state index in [0.29, 0.717) is 75.0 Å². The molecule has 11 atom stereocenters. The highest BCUT2D eigenvalue weighted by molar-refractivity contribution is 9.09. The minimum absolute atomic E-state index is 0.0630. The fourth-order valence-electron chi connectivity index (χ4n) is 10.5. The van der Waals surface area contributed by atoms with Crippen LogP contribution in [-0.2, 0) is 14.2 Å². The van der Waals surface area contributed by atoms with Crippen LogP contribution in [0.15, 0.2) is 15.3 Å².